The summed E-state index contributed by atoms with van der Waals surface area (Å²) in [6.07, 6.45) is 1.81. The van der Waals surface area contributed by atoms with E-state index in [-0.39, 0.29) is 0 Å². The van der Waals surface area contributed by atoms with Crippen LogP contribution in [0.25, 0.3) is 0 Å². The Morgan fingerprint density at radius 1 is 1.43 bits per heavy atom. The molecule has 0 aromatic carbocycles. The lowest BCUT2D eigenvalue weighted by molar-refractivity contribution is 0.520. The molecule has 0 saturated heterocycles. The van der Waals surface area contributed by atoms with Crippen LogP contribution in [0, 0.1) is 0 Å². The zero-order chi connectivity index (χ0) is 10.6. The second kappa shape index (κ2) is 5.10. The van der Waals surface area contributed by atoms with E-state index in [4.69, 9.17) is 0 Å². The first-order chi connectivity index (χ1) is 6.66. The van der Waals surface area contributed by atoms with E-state index < -0.39 is 0 Å². The van der Waals surface area contributed by atoms with Crippen LogP contribution in [0.5, 0.6) is 0 Å². The second-order valence-electron chi connectivity index (χ2n) is 3.90. The van der Waals surface area contributed by atoms with Crippen molar-refractivity contribution in [1.82, 2.24) is 20.1 Å². The number of nitrogens with one attached hydrogen (secondary N) is 1. The van der Waals surface area contributed by atoms with Crippen molar-refractivity contribution >= 4 is 0 Å². The Morgan fingerprint density at radius 3 is 2.71 bits per heavy atom. The van der Waals surface area contributed by atoms with Crippen LogP contribution in [0.3, 0.4) is 0 Å². The van der Waals surface area contributed by atoms with Gasteiger partial charge in [-0.3, -0.25) is 0 Å². The van der Waals surface area contributed by atoms with E-state index in [2.05, 4.69) is 47.8 Å². The monoisotopic (exact) mass is 196 g/mol. The number of rotatable bonds is 5. The molecule has 1 heterocycles. The summed E-state index contributed by atoms with van der Waals surface area (Å²) in [6, 6.07) is 0.434. The predicted molar refractivity (Wildman–Crippen MR) is 57.4 cm³/mol. The molecule has 1 aromatic heterocycles. The fraction of sp³-hybridized carbons (Fsp3) is 0.800. The van der Waals surface area contributed by atoms with Gasteiger partial charge in [0.1, 0.15) is 12.2 Å². The van der Waals surface area contributed by atoms with E-state index in [1.54, 1.807) is 0 Å². The van der Waals surface area contributed by atoms with Crippen molar-refractivity contribution in [2.45, 2.75) is 39.7 Å². The summed E-state index contributed by atoms with van der Waals surface area (Å²) in [7, 11) is 0. The summed E-state index contributed by atoms with van der Waals surface area (Å²) >= 11 is 0. The molecular formula is C10H20N4. The van der Waals surface area contributed by atoms with E-state index in [1.165, 1.54) is 0 Å². The molecule has 1 N–H and O–H groups in total. The lowest BCUT2D eigenvalue weighted by Gasteiger charge is -2.15. The largest absolute Gasteiger partial charge is 0.316 e. The first-order valence-electron chi connectivity index (χ1n) is 5.26. The summed E-state index contributed by atoms with van der Waals surface area (Å²) in [5.41, 5.74) is 0. The van der Waals surface area contributed by atoms with E-state index in [0.717, 1.165) is 18.9 Å². The summed E-state index contributed by atoms with van der Waals surface area (Å²) in [6.45, 7) is 10.5. The highest BCUT2D eigenvalue weighted by Gasteiger charge is 2.13. The van der Waals surface area contributed by atoms with Gasteiger partial charge in [-0.25, -0.2) is 0 Å². The maximum Gasteiger partial charge on any atom is 0.137 e. The van der Waals surface area contributed by atoms with Crippen LogP contribution in [-0.2, 0) is 0 Å². The minimum absolute atomic E-state index is 0.417. The fourth-order valence-corrected chi connectivity index (χ4v) is 1.45. The topological polar surface area (TPSA) is 42.7 Å². The van der Waals surface area contributed by atoms with E-state index in [0.29, 0.717) is 12.0 Å². The Balaban J connectivity index is 2.68. The Hall–Kier alpha value is -0.900. The molecule has 0 amide bonds. The predicted octanol–water partition coefficient (Wildman–Crippen LogP) is 1.57. The summed E-state index contributed by atoms with van der Waals surface area (Å²) in [5, 5.41) is 11.4. The van der Waals surface area contributed by atoms with Crippen molar-refractivity contribution in [3.8, 4) is 0 Å². The summed E-state index contributed by atoms with van der Waals surface area (Å²) in [5.74, 6) is 1.49. The Kier molecular flexibility index (Phi) is 4.07. The van der Waals surface area contributed by atoms with Gasteiger partial charge in [-0.2, -0.15) is 0 Å². The first kappa shape index (κ1) is 11.2. The highest BCUT2D eigenvalue weighted by Crippen LogP contribution is 2.15. The number of hydrogen-bond acceptors (Lipinski definition) is 3. The van der Waals surface area contributed by atoms with Gasteiger partial charge in [-0.15, -0.1) is 10.2 Å². The number of nitrogens with zero attached hydrogens (tertiary/aromatic N) is 3. The van der Waals surface area contributed by atoms with E-state index >= 15 is 0 Å². The molecule has 1 unspecified atom stereocenters. The molecule has 0 spiro atoms. The third-order valence-corrected chi connectivity index (χ3v) is 2.30. The zero-order valence-electron chi connectivity index (χ0n) is 9.49. The average molecular weight is 196 g/mol. The van der Waals surface area contributed by atoms with Crippen molar-refractivity contribution < 1.29 is 0 Å². The molecule has 0 bridgehead atoms. The van der Waals surface area contributed by atoms with Gasteiger partial charge < -0.3 is 9.88 Å². The molecule has 1 atom stereocenters. The van der Waals surface area contributed by atoms with Crippen LogP contribution in [0.4, 0.5) is 0 Å². The van der Waals surface area contributed by atoms with Gasteiger partial charge >= 0.3 is 0 Å². The zero-order valence-corrected chi connectivity index (χ0v) is 9.49. The normalized spacial score (nSPS) is 13.5. The minimum atomic E-state index is 0.417. The van der Waals surface area contributed by atoms with E-state index in [9.17, 15) is 0 Å². The quantitative estimate of drug-likeness (QED) is 0.777. The van der Waals surface area contributed by atoms with Gasteiger partial charge in [0.2, 0.25) is 0 Å². The molecule has 80 valence electrons. The van der Waals surface area contributed by atoms with Crippen molar-refractivity contribution in [2.75, 3.05) is 13.1 Å². The van der Waals surface area contributed by atoms with Crippen LogP contribution in [0.15, 0.2) is 6.33 Å². The summed E-state index contributed by atoms with van der Waals surface area (Å²) in [4.78, 5) is 0. The molecule has 1 rings (SSSR count). The lowest BCUT2D eigenvalue weighted by Crippen LogP contribution is -2.22. The smallest absolute Gasteiger partial charge is 0.137 e. The van der Waals surface area contributed by atoms with Crippen molar-refractivity contribution in [2.24, 2.45) is 0 Å². The van der Waals surface area contributed by atoms with Crippen molar-refractivity contribution in [1.29, 1.82) is 0 Å². The molecule has 0 saturated carbocycles. The van der Waals surface area contributed by atoms with Crippen molar-refractivity contribution in [3.05, 3.63) is 12.2 Å². The SMILES string of the molecule is CCNCC(C)c1nncn1C(C)C. The summed E-state index contributed by atoms with van der Waals surface area (Å²) < 4.78 is 2.13. The second-order valence-corrected chi connectivity index (χ2v) is 3.90. The Morgan fingerprint density at radius 2 is 2.14 bits per heavy atom. The highest BCUT2D eigenvalue weighted by atomic mass is 15.3. The third-order valence-electron chi connectivity index (χ3n) is 2.30. The van der Waals surface area contributed by atoms with E-state index in [1.807, 2.05) is 6.33 Å². The van der Waals surface area contributed by atoms with Gasteiger partial charge in [0.15, 0.2) is 0 Å². The molecule has 14 heavy (non-hydrogen) atoms. The Bertz CT molecular complexity index is 267. The molecule has 4 nitrogen and oxygen atoms in total. The molecule has 0 aliphatic carbocycles. The fourth-order valence-electron chi connectivity index (χ4n) is 1.45. The average Bonchev–Trinajstić information content (AvgIpc) is 2.62. The van der Waals surface area contributed by atoms with Gasteiger partial charge in [-0.05, 0) is 20.4 Å². The maximum atomic E-state index is 4.16. The van der Waals surface area contributed by atoms with Gasteiger partial charge in [0, 0.05) is 18.5 Å². The molecule has 0 aliphatic rings. The van der Waals surface area contributed by atoms with Crippen LogP contribution >= 0.6 is 0 Å². The van der Waals surface area contributed by atoms with Gasteiger partial charge in [0.05, 0.1) is 0 Å². The minimum Gasteiger partial charge on any atom is -0.316 e. The maximum absolute atomic E-state index is 4.16. The Labute approximate surface area is 85.7 Å². The molecule has 0 radical (unpaired) electrons. The van der Waals surface area contributed by atoms with Gasteiger partial charge in [-0.1, -0.05) is 13.8 Å². The number of likely N-dealkylation sites (N-methyl/N-ethyl adjacent to an activating group) is 1. The lowest BCUT2D eigenvalue weighted by atomic mass is 10.1. The van der Waals surface area contributed by atoms with Crippen LogP contribution in [0.1, 0.15) is 45.5 Å². The molecule has 0 fully saturated rings. The van der Waals surface area contributed by atoms with Gasteiger partial charge in [0.25, 0.3) is 0 Å². The number of aromatic nitrogens is 3. The first-order valence-corrected chi connectivity index (χ1v) is 5.26. The van der Waals surface area contributed by atoms with Crippen LogP contribution in [0.2, 0.25) is 0 Å². The van der Waals surface area contributed by atoms with Crippen LogP contribution in [-0.4, -0.2) is 27.9 Å². The highest BCUT2D eigenvalue weighted by molar-refractivity contribution is 4.96. The third kappa shape index (κ3) is 2.54. The molecular weight excluding hydrogens is 176 g/mol. The standard InChI is InChI=1S/C10H20N4/c1-5-11-6-9(4)10-13-12-7-14(10)8(2)3/h7-9,11H,5-6H2,1-4H3. The van der Waals surface area contributed by atoms with Crippen LogP contribution < -0.4 is 5.32 Å². The molecule has 1 aromatic rings. The molecule has 4 heteroatoms. The number of hydrogen-bond donors (Lipinski definition) is 1. The van der Waals surface area contributed by atoms with Crippen molar-refractivity contribution in [3.63, 3.8) is 0 Å². The molecule has 0 aliphatic heterocycles.